The Morgan fingerprint density at radius 2 is 1.93 bits per heavy atom. The first-order chi connectivity index (χ1) is 13.5. The first kappa shape index (κ1) is 19.2. The smallest absolute Gasteiger partial charge is 0.250 e. The highest BCUT2D eigenvalue weighted by molar-refractivity contribution is 7.99. The van der Waals surface area contributed by atoms with Crippen LogP contribution in [-0.4, -0.2) is 24.9 Å². The van der Waals surface area contributed by atoms with E-state index in [4.69, 9.17) is 9.47 Å². The predicted molar refractivity (Wildman–Crippen MR) is 108 cm³/mol. The summed E-state index contributed by atoms with van der Waals surface area (Å²) in [5, 5.41) is 0.707. The number of rotatable bonds is 4. The molecular formula is C22H22FNO3S. The molecule has 146 valence electrons. The highest BCUT2D eigenvalue weighted by atomic mass is 32.2. The van der Waals surface area contributed by atoms with Crippen LogP contribution < -0.4 is 5.56 Å². The molecule has 2 aromatic carbocycles. The lowest BCUT2D eigenvalue weighted by Gasteiger charge is -2.36. The van der Waals surface area contributed by atoms with E-state index in [0.717, 1.165) is 28.8 Å². The van der Waals surface area contributed by atoms with E-state index in [9.17, 15) is 9.18 Å². The first-order valence-electron chi connectivity index (χ1n) is 9.23. The fraction of sp³-hybridized carbons (Fsp3) is 0.318. The number of pyridine rings is 1. The van der Waals surface area contributed by atoms with E-state index < -0.39 is 0 Å². The summed E-state index contributed by atoms with van der Waals surface area (Å²) in [6.45, 7) is 1.34. The standard InChI is InChI=1S/C22H22FNO3S/c1-24-20(25)7-6-15-12-17(23)14-19(21(15)24)28-18-5-3-4-16(13-18)22(26-2)8-10-27-11-9-22/h3-7,12-14H,8-11H2,1-2H3. The zero-order valence-corrected chi connectivity index (χ0v) is 16.7. The zero-order valence-electron chi connectivity index (χ0n) is 15.9. The molecule has 3 aromatic rings. The minimum atomic E-state index is -0.355. The molecule has 1 aliphatic rings. The maximum absolute atomic E-state index is 14.2. The second-order valence-corrected chi connectivity index (χ2v) is 8.13. The summed E-state index contributed by atoms with van der Waals surface area (Å²) >= 11 is 1.45. The van der Waals surface area contributed by atoms with Gasteiger partial charge in [-0.15, -0.1) is 0 Å². The number of benzene rings is 2. The Morgan fingerprint density at radius 1 is 1.14 bits per heavy atom. The Labute approximate surface area is 167 Å². The molecule has 0 aliphatic carbocycles. The number of nitrogens with zero attached hydrogens (tertiary/aromatic N) is 1. The molecule has 4 nitrogen and oxygen atoms in total. The van der Waals surface area contributed by atoms with Crippen molar-refractivity contribution in [2.75, 3.05) is 20.3 Å². The van der Waals surface area contributed by atoms with Crippen LogP contribution in [0.2, 0.25) is 0 Å². The number of aryl methyl sites for hydroxylation is 1. The topological polar surface area (TPSA) is 40.5 Å². The summed E-state index contributed by atoms with van der Waals surface area (Å²) < 4.78 is 27.1. The van der Waals surface area contributed by atoms with Crippen molar-refractivity contribution >= 4 is 22.7 Å². The van der Waals surface area contributed by atoms with Gasteiger partial charge in [-0.05, 0) is 35.9 Å². The van der Waals surface area contributed by atoms with Gasteiger partial charge in [-0.25, -0.2) is 4.39 Å². The third-order valence-corrected chi connectivity index (χ3v) is 6.44. The van der Waals surface area contributed by atoms with Crippen LogP contribution >= 0.6 is 11.8 Å². The van der Waals surface area contributed by atoms with Crippen LogP contribution in [0.4, 0.5) is 4.39 Å². The van der Waals surface area contributed by atoms with Gasteiger partial charge in [-0.3, -0.25) is 4.79 Å². The predicted octanol–water partition coefficient (Wildman–Crippen LogP) is 4.48. The Morgan fingerprint density at radius 3 is 2.68 bits per heavy atom. The molecule has 6 heteroatoms. The maximum atomic E-state index is 14.2. The largest absolute Gasteiger partial charge is 0.381 e. The zero-order chi connectivity index (χ0) is 19.7. The normalized spacial score (nSPS) is 16.4. The van der Waals surface area contributed by atoms with Crippen molar-refractivity contribution in [3.8, 4) is 0 Å². The minimum Gasteiger partial charge on any atom is -0.381 e. The second-order valence-electron chi connectivity index (χ2n) is 7.01. The highest BCUT2D eigenvalue weighted by Crippen LogP contribution is 2.39. The molecule has 0 saturated carbocycles. The number of ether oxygens (including phenoxy) is 2. The Bertz CT molecular complexity index is 1070. The summed E-state index contributed by atoms with van der Waals surface area (Å²) in [5.41, 5.74) is 1.36. The molecule has 0 unspecified atom stereocenters. The van der Waals surface area contributed by atoms with Crippen molar-refractivity contribution < 1.29 is 13.9 Å². The van der Waals surface area contributed by atoms with E-state index in [2.05, 4.69) is 12.1 Å². The molecule has 0 radical (unpaired) electrons. The van der Waals surface area contributed by atoms with Gasteiger partial charge in [-0.2, -0.15) is 0 Å². The number of aromatic nitrogens is 1. The molecule has 1 aliphatic heterocycles. The van der Waals surface area contributed by atoms with Crippen molar-refractivity contribution in [3.63, 3.8) is 0 Å². The van der Waals surface area contributed by atoms with E-state index in [0.29, 0.717) is 23.5 Å². The van der Waals surface area contributed by atoms with Gasteiger partial charge >= 0.3 is 0 Å². The van der Waals surface area contributed by atoms with Crippen LogP contribution in [-0.2, 0) is 22.1 Å². The molecule has 1 saturated heterocycles. The van der Waals surface area contributed by atoms with Crippen LogP contribution in [0.5, 0.6) is 0 Å². The van der Waals surface area contributed by atoms with Crippen molar-refractivity contribution in [2.45, 2.75) is 28.2 Å². The van der Waals surface area contributed by atoms with Crippen LogP contribution in [0.3, 0.4) is 0 Å². The maximum Gasteiger partial charge on any atom is 0.250 e. The van der Waals surface area contributed by atoms with Crippen LogP contribution in [0, 0.1) is 5.82 Å². The van der Waals surface area contributed by atoms with Gasteiger partial charge in [0.25, 0.3) is 5.56 Å². The molecule has 2 heterocycles. The van der Waals surface area contributed by atoms with E-state index in [1.165, 1.54) is 30.0 Å². The molecule has 0 spiro atoms. The van der Waals surface area contributed by atoms with Gasteiger partial charge in [-0.1, -0.05) is 23.9 Å². The van der Waals surface area contributed by atoms with Crippen LogP contribution in [0.1, 0.15) is 18.4 Å². The third kappa shape index (κ3) is 3.48. The van der Waals surface area contributed by atoms with Gasteiger partial charge < -0.3 is 14.0 Å². The number of methoxy groups -OCH3 is 1. The van der Waals surface area contributed by atoms with E-state index in [1.54, 1.807) is 24.8 Å². The van der Waals surface area contributed by atoms with E-state index in [1.807, 2.05) is 12.1 Å². The Kier molecular flexibility index (Phi) is 5.27. The molecule has 0 amide bonds. The average Bonchev–Trinajstić information content (AvgIpc) is 2.71. The summed E-state index contributed by atoms with van der Waals surface area (Å²) in [4.78, 5) is 13.8. The van der Waals surface area contributed by atoms with E-state index in [-0.39, 0.29) is 17.0 Å². The minimum absolute atomic E-state index is 0.116. The molecule has 1 fully saturated rings. The molecular weight excluding hydrogens is 377 g/mol. The molecule has 1 aromatic heterocycles. The summed E-state index contributed by atoms with van der Waals surface area (Å²) in [5.74, 6) is -0.317. The lowest BCUT2D eigenvalue weighted by Crippen LogP contribution is -2.35. The van der Waals surface area contributed by atoms with Crippen molar-refractivity contribution in [3.05, 3.63) is 70.3 Å². The summed E-state index contributed by atoms with van der Waals surface area (Å²) in [7, 11) is 3.45. The lowest BCUT2D eigenvalue weighted by atomic mass is 9.86. The van der Waals surface area contributed by atoms with Crippen molar-refractivity contribution in [1.29, 1.82) is 0 Å². The Hall–Kier alpha value is -2.15. The Balaban J connectivity index is 1.76. The monoisotopic (exact) mass is 399 g/mol. The number of hydrogen-bond acceptors (Lipinski definition) is 4. The van der Waals surface area contributed by atoms with Crippen molar-refractivity contribution in [1.82, 2.24) is 4.57 Å². The third-order valence-electron chi connectivity index (χ3n) is 5.42. The van der Waals surface area contributed by atoms with Gasteiger partial charge in [0.1, 0.15) is 5.82 Å². The van der Waals surface area contributed by atoms with Gasteiger partial charge in [0.05, 0.1) is 11.1 Å². The SMILES string of the molecule is COC1(c2cccc(Sc3cc(F)cc4ccc(=O)n(C)c34)c2)CCOCC1. The average molecular weight is 399 g/mol. The lowest BCUT2D eigenvalue weighted by molar-refractivity contribution is -0.0948. The number of halogens is 1. The highest BCUT2D eigenvalue weighted by Gasteiger charge is 2.34. The molecule has 0 atom stereocenters. The summed E-state index contributed by atoms with van der Waals surface area (Å²) in [6.07, 6.45) is 1.60. The molecule has 0 N–H and O–H groups in total. The fourth-order valence-electron chi connectivity index (χ4n) is 3.82. The molecule has 28 heavy (non-hydrogen) atoms. The molecule has 0 bridgehead atoms. The first-order valence-corrected chi connectivity index (χ1v) is 10.0. The quantitative estimate of drug-likeness (QED) is 0.649. The molecule has 4 rings (SSSR count). The second kappa shape index (κ2) is 7.70. The van der Waals surface area contributed by atoms with E-state index >= 15 is 0 Å². The number of fused-ring (bicyclic) bond motifs is 1. The fourth-order valence-corrected chi connectivity index (χ4v) is 4.93. The van der Waals surface area contributed by atoms with Gasteiger partial charge in [0.2, 0.25) is 0 Å². The van der Waals surface area contributed by atoms with Crippen molar-refractivity contribution in [2.24, 2.45) is 7.05 Å². The van der Waals surface area contributed by atoms with Gasteiger partial charge in [0.15, 0.2) is 0 Å². The number of hydrogen-bond donors (Lipinski definition) is 0. The van der Waals surface area contributed by atoms with Gasteiger partial charge in [0, 0.05) is 61.5 Å². The summed E-state index contributed by atoms with van der Waals surface area (Å²) in [6, 6.07) is 14.2. The van der Waals surface area contributed by atoms with Crippen LogP contribution in [0.15, 0.2) is 63.1 Å². The van der Waals surface area contributed by atoms with Crippen LogP contribution in [0.25, 0.3) is 10.9 Å².